The van der Waals surface area contributed by atoms with Crippen LogP contribution in [0.2, 0.25) is 0 Å². The van der Waals surface area contributed by atoms with Gasteiger partial charge < -0.3 is 10.0 Å². The van der Waals surface area contributed by atoms with Gasteiger partial charge in [-0.3, -0.25) is 10.1 Å². The quantitative estimate of drug-likeness (QED) is 0.862. The van der Waals surface area contributed by atoms with Crippen molar-refractivity contribution in [3.63, 3.8) is 0 Å². The largest absolute Gasteiger partial charge is 0.480 e. The Labute approximate surface area is 117 Å². The molecule has 0 aliphatic rings. The van der Waals surface area contributed by atoms with Crippen LogP contribution >= 0.6 is 27.3 Å². The first-order valence-electron chi connectivity index (χ1n) is 4.63. The lowest BCUT2D eigenvalue weighted by Gasteiger charge is -2.21. The van der Waals surface area contributed by atoms with Crippen LogP contribution in [-0.2, 0) is 4.79 Å². The van der Waals surface area contributed by atoms with Gasteiger partial charge in [-0.15, -0.1) is 0 Å². The van der Waals surface area contributed by atoms with Crippen LogP contribution < -0.4 is 5.32 Å². The molecule has 0 atom stereocenters. The lowest BCUT2D eigenvalue weighted by Crippen LogP contribution is -2.44. The molecule has 19 heavy (non-hydrogen) atoms. The summed E-state index contributed by atoms with van der Waals surface area (Å²) >= 11 is 4.05. The summed E-state index contributed by atoms with van der Waals surface area (Å²) < 4.78 is 37.2. The SMILES string of the molecule is O=C(O)CN(CC(F)(F)F)C(=O)Nc1ncc(Br)s1. The van der Waals surface area contributed by atoms with Crippen molar-refractivity contribution in [3.05, 3.63) is 9.98 Å². The zero-order valence-corrected chi connectivity index (χ0v) is 11.5. The highest BCUT2D eigenvalue weighted by Gasteiger charge is 2.34. The molecule has 0 spiro atoms. The number of urea groups is 1. The van der Waals surface area contributed by atoms with Crippen LogP contribution in [0.3, 0.4) is 0 Å². The van der Waals surface area contributed by atoms with Crippen LogP contribution in [0.4, 0.5) is 23.1 Å². The molecule has 0 aliphatic carbocycles. The average molecular weight is 362 g/mol. The summed E-state index contributed by atoms with van der Waals surface area (Å²) in [6.07, 6.45) is -3.33. The number of carboxylic acid groups (broad SMARTS) is 1. The van der Waals surface area contributed by atoms with Crippen molar-refractivity contribution in [3.8, 4) is 0 Å². The van der Waals surface area contributed by atoms with Gasteiger partial charge in [-0.1, -0.05) is 11.3 Å². The maximum atomic E-state index is 12.2. The molecule has 2 amide bonds. The number of carboxylic acids is 1. The summed E-state index contributed by atoms with van der Waals surface area (Å²) in [5.41, 5.74) is 0. The number of nitrogens with zero attached hydrogens (tertiary/aromatic N) is 2. The van der Waals surface area contributed by atoms with Gasteiger partial charge >= 0.3 is 18.2 Å². The number of thiazole rings is 1. The van der Waals surface area contributed by atoms with Crippen molar-refractivity contribution in [2.45, 2.75) is 6.18 Å². The molecule has 0 saturated carbocycles. The van der Waals surface area contributed by atoms with Gasteiger partial charge in [0.15, 0.2) is 5.13 Å². The number of amides is 2. The lowest BCUT2D eigenvalue weighted by molar-refractivity contribution is -0.148. The molecular weight excluding hydrogens is 355 g/mol. The van der Waals surface area contributed by atoms with Gasteiger partial charge in [-0.2, -0.15) is 13.2 Å². The van der Waals surface area contributed by atoms with Gasteiger partial charge in [-0.05, 0) is 15.9 Å². The fourth-order valence-electron chi connectivity index (χ4n) is 1.06. The van der Waals surface area contributed by atoms with Crippen LogP contribution in [0.15, 0.2) is 9.98 Å². The number of aliphatic carboxylic acids is 1. The van der Waals surface area contributed by atoms with E-state index in [1.54, 1.807) is 0 Å². The summed E-state index contributed by atoms with van der Waals surface area (Å²) in [5.74, 6) is -1.54. The maximum Gasteiger partial charge on any atom is 0.406 e. The van der Waals surface area contributed by atoms with Gasteiger partial charge in [0, 0.05) is 0 Å². The Morgan fingerprint density at radius 2 is 2.16 bits per heavy atom. The van der Waals surface area contributed by atoms with E-state index in [1.165, 1.54) is 6.20 Å². The first-order valence-corrected chi connectivity index (χ1v) is 6.24. The lowest BCUT2D eigenvalue weighted by atomic mass is 10.5. The molecule has 0 aromatic carbocycles. The predicted molar refractivity (Wildman–Crippen MR) is 64.1 cm³/mol. The number of carbonyl (C=O) groups excluding carboxylic acids is 1. The van der Waals surface area contributed by atoms with Gasteiger partial charge in [0.1, 0.15) is 13.1 Å². The first kappa shape index (κ1) is 15.7. The highest BCUT2D eigenvalue weighted by molar-refractivity contribution is 9.11. The van der Waals surface area contributed by atoms with Crippen LogP contribution in [0.25, 0.3) is 0 Å². The Morgan fingerprint density at radius 1 is 1.53 bits per heavy atom. The summed E-state index contributed by atoms with van der Waals surface area (Å²) in [6.45, 7) is -2.71. The minimum atomic E-state index is -4.68. The molecule has 2 N–H and O–H groups in total. The van der Waals surface area contributed by atoms with Crippen LogP contribution in [0.1, 0.15) is 0 Å². The second kappa shape index (κ2) is 6.19. The molecule has 0 radical (unpaired) electrons. The van der Waals surface area contributed by atoms with Crippen molar-refractivity contribution in [2.24, 2.45) is 0 Å². The average Bonchev–Trinajstić information content (AvgIpc) is 2.60. The first-order chi connectivity index (χ1) is 8.67. The second-order valence-corrected chi connectivity index (χ2v) is 5.67. The molecule has 1 aromatic heterocycles. The second-order valence-electron chi connectivity index (χ2n) is 3.26. The number of aromatic nitrogens is 1. The van der Waals surface area contributed by atoms with Gasteiger partial charge in [0.25, 0.3) is 0 Å². The Hall–Kier alpha value is -1.36. The zero-order chi connectivity index (χ0) is 14.6. The molecule has 0 bridgehead atoms. The van der Waals surface area contributed by atoms with E-state index in [1.807, 2.05) is 0 Å². The van der Waals surface area contributed by atoms with Crippen molar-refractivity contribution in [1.82, 2.24) is 9.88 Å². The van der Waals surface area contributed by atoms with Crippen molar-refractivity contribution >= 4 is 44.4 Å². The van der Waals surface area contributed by atoms with Gasteiger partial charge in [0.2, 0.25) is 0 Å². The minimum Gasteiger partial charge on any atom is -0.480 e. The van der Waals surface area contributed by atoms with Gasteiger partial charge in [0.05, 0.1) is 9.98 Å². The van der Waals surface area contributed by atoms with Crippen molar-refractivity contribution in [2.75, 3.05) is 18.4 Å². The summed E-state index contributed by atoms with van der Waals surface area (Å²) in [5, 5.41) is 10.6. The zero-order valence-electron chi connectivity index (χ0n) is 9.07. The highest BCUT2D eigenvalue weighted by Crippen LogP contribution is 2.24. The Morgan fingerprint density at radius 3 is 2.58 bits per heavy atom. The normalized spacial score (nSPS) is 11.2. The van der Waals surface area contributed by atoms with Crippen LogP contribution in [0, 0.1) is 0 Å². The molecule has 0 aliphatic heterocycles. The smallest absolute Gasteiger partial charge is 0.406 e. The Balaban J connectivity index is 2.73. The molecular formula is C8H7BrF3N3O3S. The third-order valence-corrected chi connectivity index (χ3v) is 3.07. The number of anilines is 1. The van der Waals surface area contributed by atoms with E-state index in [9.17, 15) is 22.8 Å². The van der Waals surface area contributed by atoms with E-state index in [0.29, 0.717) is 3.79 Å². The van der Waals surface area contributed by atoms with E-state index in [-0.39, 0.29) is 10.0 Å². The number of alkyl halides is 3. The maximum absolute atomic E-state index is 12.2. The molecule has 11 heteroatoms. The van der Waals surface area contributed by atoms with Crippen molar-refractivity contribution < 1.29 is 27.9 Å². The number of halogens is 4. The standard InChI is InChI=1S/C8H7BrF3N3O3S/c9-4-1-13-6(19-4)14-7(18)15(2-5(16)17)3-8(10,11)12/h1H,2-3H2,(H,16,17)(H,13,14,18). The Bertz CT molecular complexity index is 479. The summed E-state index contributed by atoms with van der Waals surface area (Å²) in [6, 6.07) is -1.18. The monoisotopic (exact) mass is 361 g/mol. The number of rotatable bonds is 4. The van der Waals surface area contributed by atoms with Crippen LogP contribution in [-0.4, -0.2) is 46.3 Å². The summed E-state index contributed by atoms with van der Waals surface area (Å²) in [7, 11) is 0. The van der Waals surface area contributed by atoms with Gasteiger partial charge in [-0.25, -0.2) is 9.78 Å². The topological polar surface area (TPSA) is 82.5 Å². The number of hydrogen-bond donors (Lipinski definition) is 2. The molecule has 0 saturated heterocycles. The van der Waals surface area contributed by atoms with E-state index in [4.69, 9.17) is 5.11 Å². The number of nitrogens with one attached hydrogen (secondary N) is 1. The molecule has 0 unspecified atom stereocenters. The van der Waals surface area contributed by atoms with E-state index in [0.717, 1.165) is 11.3 Å². The highest BCUT2D eigenvalue weighted by atomic mass is 79.9. The van der Waals surface area contributed by atoms with E-state index in [2.05, 4.69) is 26.2 Å². The van der Waals surface area contributed by atoms with E-state index < -0.39 is 31.3 Å². The molecule has 1 heterocycles. The molecule has 1 rings (SSSR count). The van der Waals surface area contributed by atoms with Crippen molar-refractivity contribution in [1.29, 1.82) is 0 Å². The number of carbonyl (C=O) groups is 2. The molecule has 0 fully saturated rings. The fourth-order valence-corrected chi connectivity index (χ4v) is 2.16. The van der Waals surface area contributed by atoms with Crippen LogP contribution in [0.5, 0.6) is 0 Å². The third-order valence-electron chi connectivity index (χ3n) is 1.67. The summed E-state index contributed by atoms with van der Waals surface area (Å²) in [4.78, 5) is 25.8. The fraction of sp³-hybridized carbons (Fsp3) is 0.375. The molecule has 6 nitrogen and oxygen atoms in total. The Kier molecular flexibility index (Phi) is 5.11. The predicted octanol–water partition coefficient (Wildman–Crippen LogP) is 2.39. The van der Waals surface area contributed by atoms with E-state index >= 15 is 0 Å². The molecule has 106 valence electrons. The minimum absolute atomic E-state index is 0.0643. The molecule has 1 aromatic rings. The number of hydrogen-bond acceptors (Lipinski definition) is 4. The third kappa shape index (κ3) is 5.87.